The number of ether oxygens (including phenoxy) is 2. The Morgan fingerprint density at radius 2 is 2.19 bits per heavy atom. The molecule has 1 N–H and O–H groups in total. The van der Waals surface area contributed by atoms with Crippen LogP contribution in [0.2, 0.25) is 0 Å². The van der Waals surface area contributed by atoms with Crippen LogP contribution < -0.4 is 5.32 Å². The van der Waals surface area contributed by atoms with Gasteiger partial charge in [0.15, 0.2) is 5.78 Å². The third kappa shape index (κ3) is 2.22. The quantitative estimate of drug-likeness (QED) is 0.767. The van der Waals surface area contributed by atoms with Crippen molar-refractivity contribution in [3.63, 3.8) is 0 Å². The molecule has 0 saturated carbocycles. The number of carbonyl (C=O) groups excluding carboxylic acids is 2. The summed E-state index contributed by atoms with van der Waals surface area (Å²) in [5, 5.41) is 3.57. The van der Waals surface area contributed by atoms with Crippen molar-refractivity contribution in [3.05, 3.63) is 41.7 Å². The number of rotatable bonds is 1. The summed E-state index contributed by atoms with van der Waals surface area (Å²) in [6, 6.07) is 7.83. The van der Waals surface area contributed by atoms with Crippen LogP contribution >= 0.6 is 0 Å². The summed E-state index contributed by atoms with van der Waals surface area (Å²) in [6.45, 7) is 3.77. The predicted octanol–water partition coefficient (Wildman–Crippen LogP) is 2.22. The van der Waals surface area contributed by atoms with Crippen molar-refractivity contribution in [1.82, 2.24) is 4.90 Å². The summed E-state index contributed by atoms with van der Waals surface area (Å²) in [7, 11) is 1.40. The van der Waals surface area contributed by atoms with E-state index in [1.807, 2.05) is 24.3 Å². The summed E-state index contributed by atoms with van der Waals surface area (Å²) in [4.78, 5) is 28.1. The molecule has 2 saturated heterocycles. The van der Waals surface area contributed by atoms with Gasteiger partial charge in [-0.05, 0) is 31.9 Å². The zero-order chi connectivity index (χ0) is 18.8. The predicted molar refractivity (Wildman–Crippen MR) is 99.3 cm³/mol. The molecule has 142 valence electrons. The van der Waals surface area contributed by atoms with E-state index in [0.717, 1.165) is 37.2 Å². The van der Waals surface area contributed by atoms with Crippen LogP contribution in [0, 0.1) is 11.8 Å². The third-order valence-corrected chi connectivity index (χ3v) is 7.01. The number of nitrogens with one attached hydrogen (secondary N) is 1. The number of piperidine rings is 1. The average Bonchev–Trinajstić information content (AvgIpc) is 3.19. The van der Waals surface area contributed by atoms with Crippen molar-refractivity contribution in [2.45, 2.75) is 37.5 Å². The van der Waals surface area contributed by atoms with Gasteiger partial charge in [-0.15, -0.1) is 0 Å². The number of carbonyl (C=O) groups is 2. The molecule has 27 heavy (non-hydrogen) atoms. The number of anilines is 1. The molecule has 1 aromatic carbocycles. The number of para-hydroxylation sites is 1. The Morgan fingerprint density at radius 1 is 1.37 bits per heavy atom. The van der Waals surface area contributed by atoms with Gasteiger partial charge in [0.1, 0.15) is 5.54 Å². The van der Waals surface area contributed by atoms with Crippen LogP contribution in [0.5, 0.6) is 0 Å². The van der Waals surface area contributed by atoms with E-state index in [2.05, 4.69) is 17.1 Å². The van der Waals surface area contributed by atoms with Gasteiger partial charge >= 0.3 is 5.97 Å². The summed E-state index contributed by atoms with van der Waals surface area (Å²) >= 11 is 0. The van der Waals surface area contributed by atoms with E-state index >= 15 is 0 Å². The van der Waals surface area contributed by atoms with Crippen LogP contribution in [0.25, 0.3) is 0 Å². The first kappa shape index (κ1) is 16.8. The number of hydrogen-bond acceptors (Lipinski definition) is 6. The molecule has 0 radical (unpaired) electrons. The highest BCUT2D eigenvalue weighted by Crippen LogP contribution is 2.49. The molecule has 6 nitrogen and oxygen atoms in total. The standard InChI is InChI=1S/C21H24N2O4/c1-12-15-10-23-8-7-21(19(24)13-5-3-4-6-17(13)22-21)18(23)9-14(15)16(11-27-12)20(25)26-2/h3-6,11-12,14-15,18,22H,7-10H2,1-2H3/t12-,14+,15+,18-,21+/m1/s1. The average molecular weight is 368 g/mol. The minimum atomic E-state index is -0.586. The van der Waals surface area contributed by atoms with Crippen LogP contribution in [-0.2, 0) is 14.3 Å². The van der Waals surface area contributed by atoms with Gasteiger partial charge in [0.05, 0.1) is 25.0 Å². The summed E-state index contributed by atoms with van der Waals surface area (Å²) in [6.07, 6.45) is 3.17. The van der Waals surface area contributed by atoms with Crippen LogP contribution in [-0.4, -0.2) is 54.5 Å². The van der Waals surface area contributed by atoms with Crippen molar-refractivity contribution < 1.29 is 19.1 Å². The fraction of sp³-hybridized carbons (Fsp3) is 0.524. The van der Waals surface area contributed by atoms with Gasteiger partial charge in [0.2, 0.25) is 0 Å². The Morgan fingerprint density at radius 3 is 2.96 bits per heavy atom. The molecule has 5 rings (SSSR count). The molecule has 5 atom stereocenters. The maximum Gasteiger partial charge on any atom is 0.337 e. The summed E-state index contributed by atoms with van der Waals surface area (Å²) in [5.41, 5.74) is 1.73. The van der Waals surface area contributed by atoms with Crippen molar-refractivity contribution in [2.75, 3.05) is 25.5 Å². The van der Waals surface area contributed by atoms with Gasteiger partial charge in [0, 0.05) is 42.2 Å². The fourth-order valence-corrected chi connectivity index (χ4v) is 5.59. The van der Waals surface area contributed by atoms with Crippen molar-refractivity contribution in [1.29, 1.82) is 0 Å². The highest BCUT2D eigenvalue weighted by molar-refractivity contribution is 6.14. The van der Waals surface area contributed by atoms with Gasteiger partial charge in [-0.1, -0.05) is 12.1 Å². The zero-order valence-electron chi connectivity index (χ0n) is 15.6. The van der Waals surface area contributed by atoms with Crippen molar-refractivity contribution in [2.24, 2.45) is 11.8 Å². The second-order valence-electron chi connectivity index (χ2n) is 8.14. The minimum Gasteiger partial charge on any atom is -0.497 e. The smallest absolute Gasteiger partial charge is 0.337 e. The van der Waals surface area contributed by atoms with E-state index in [9.17, 15) is 9.59 Å². The van der Waals surface area contributed by atoms with Crippen LogP contribution in [0.1, 0.15) is 30.1 Å². The molecule has 0 bridgehead atoms. The van der Waals surface area contributed by atoms with Crippen LogP contribution in [0.4, 0.5) is 5.69 Å². The monoisotopic (exact) mass is 368 g/mol. The number of methoxy groups -OCH3 is 1. The van der Waals surface area contributed by atoms with Gasteiger partial charge in [-0.25, -0.2) is 4.79 Å². The fourth-order valence-electron chi connectivity index (χ4n) is 5.59. The Bertz CT molecular complexity index is 850. The first-order valence-corrected chi connectivity index (χ1v) is 9.65. The molecule has 1 aromatic rings. The third-order valence-electron chi connectivity index (χ3n) is 7.01. The molecule has 2 fully saturated rings. The summed E-state index contributed by atoms with van der Waals surface area (Å²) < 4.78 is 10.7. The molecule has 4 heterocycles. The second-order valence-corrected chi connectivity index (χ2v) is 8.14. The lowest BCUT2D eigenvalue weighted by molar-refractivity contribution is -0.139. The molecule has 4 aliphatic rings. The SMILES string of the molecule is COC(=O)C1=CO[C@H](C)[C@@H]2CN3CC[C@]4(Nc5ccccc5C4=O)[C@H]3C[C@H]12. The molecular weight excluding hydrogens is 344 g/mol. The Hall–Kier alpha value is -2.34. The van der Waals surface area contributed by atoms with Gasteiger partial charge < -0.3 is 14.8 Å². The van der Waals surface area contributed by atoms with Crippen LogP contribution in [0.3, 0.4) is 0 Å². The molecule has 0 aliphatic carbocycles. The van der Waals surface area contributed by atoms with Gasteiger partial charge in [0.25, 0.3) is 0 Å². The van der Waals surface area contributed by atoms with E-state index in [1.54, 1.807) is 6.26 Å². The molecular formula is C21H24N2O4. The lowest BCUT2D eigenvalue weighted by Gasteiger charge is -2.48. The maximum atomic E-state index is 13.4. The first-order valence-electron chi connectivity index (χ1n) is 9.65. The largest absolute Gasteiger partial charge is 0.497 e. The first-order chi connectivity index (χ1) is 13.0. The van der Waals surface area contributed by atoms with E-state index in [4.69, 9.17) is 9.47 Å². The number of hydrogen-bond donors (Lipinski definition) is 1. The highest BCUT2D eigenvalue weighted by atomic mass is 16.5. The van der Waals surface area contributed by atoms with Crippen molar-refractivity contribution in [3.8, 4) is 0 Å². The summed E-state index contributed by atoms with van der Waals surface area (Å²) in [5.74, 6) is 0.143. The number of Topliss-reactive ketones (excluding diaryl/α,β-unsaturated/α-hetero) is 1. The van der Waals surface area contributed by atoms with Crippen molar-refractivity contribution >= 4 is 17.4 Å². The molecule has 0 aromatic heterocycles. The van der Waals surface area contributed by atoms with Gasteiger partial charge in [-0.3, -0.25) is 9.69 Å². The number of nitrogens with zero attached hydrogens (tertiary/aromatic N) is 1. The molecule has 0 unspecified atom stereocenters. The second kappa shape index (κ2) is 5.83. The minimum absolute atomic E-state index is 0.0466. The number of esters is 1. The zero-order valence-corrected chi connectivity index (χ0v) is 15.6. The molecule has 1 spiro atoms. The Labute approximate surface area is 158 Å². The number of fused-ring (bicyclic) bond motifs is 4. The number of ketones is 1. The Balaban J connectivity index is 1.50. The Kier molecular flexibility index (Phi) is 3.63. The van der Waals surface area contributed by atoms with Crippen LogP contribution in [0.15, 0.2) is 36.1 Å². The maximum absolute atomic E-state index is 13.4. The van der Waals surface area contributed by atoms with E-state index in [1.165, 1.54) is 7.11 Å². The topological polar surface area (TPSA) is 67.9 Å². The molecule has 0 amide bonds. The lowest BCUT2D eigenvalue weighted by atomic mass is 9.70. The number of benzene rings is 1. The molecule has 4 aliphatic heterocycles. The van der Waals surface area contributed by atoms with E-state index in [-0.39, 0.29) is 35.7 Å². The highest BCUT2D eigenvalue weighted by Gasteiger charge is 2.60. The lowest BCUT2D eigenvalue weighted by Crippen LogP contribution is -2.59. The van der Waals surface area contributed by atoms with E-state index in [0.29, 0.717) is 5.57 Å². The normalized spacial score (nSPS) is 37.0. The van der Waals surface area contributed by atoms with E-state index < -0.39 is 5.54 Å². The van der Waals surface area contributed by atoms with Gasteiger partial charge in [-0.2, -0.15) is 0 Å². The molecule has 6 heteroatoms.